The number of carbonyl (C=O) groups excluding carboxylic acids is 1. The van der Waals surface area contributed by atoms with Crippen LogP contribution >= 0.6 is 11.6 Å². The third kappa shape index (κ3) is 6.45. The number of allylic oxidation sites excluding steroid dienone is 1. The van der Waals surface area contributed by atoms with E-state index in [9.17, 15) is 4.79 Å². The monoisotopic (exact) mass is 610 g/mol. The number of hydrogen-bond acceptors (Lipinski definition) is 3. The number of esters is 1. The van der Waals surface area contributed by atoms with E-state index in [-0.39, 0.29) is 17.5 Å². The van der Waals surface area contributed by atoms with Gasteiger partial charge in [0.1, 0.15) is 11.9 Å². The van der Waals surface area contributed by atoms with Crippen LogP contribution in [0.1, 0.15) is 126 Å². The highest BCUT2D eigenvalue weighted by atomic mass is 35.5. The van der Waals surface area contributed by atoms with Gasteiger partial charge in [0.05, 0.1) is 0 Å². The van der Waals surface area contributed by atoms with Crippen LogP contribution in [0.5, 0.6) is 5.75 Å². The van der Waals surface area contributed by atoms with Crippen LogP contribution in [0, 0.1) is 52.3 Å². The van der Waals surface area contributed by atoms with Crippen molar-refractivity contribution < 1.29 is 14.3 Å². The molecule has 0 amide bonds. The predicted molar refractivity (Wildman–Crippen MR) is 178 cm³/mol. The largest absolute Gasteiger partial charge is 0.476 e. The second-order valence-corrected chi connectivity index (χ2v) is 16.7. The zero-order valence-electron chi connectivity index (χ0n) is 28.4. The molecule has 0 aliphatic heterocycles. The topological polar surface area (TPSA) is 35.5 Å². The fourth-order valence-electron chi connectivity index (χ4n) is 10.5. The Morgan fingerprint density at radius 1 is 1.00 bits per heavy atom. The SMILES string of the molecule is CCC(CC[C@H](C)[C@@H]1CC[C@@H]2[C@H]3CC=C4C[C@@H](OC(=O)C(C)(C)Oc5ccc(Cl)cc5)CC[C@@]4(C)[C@H]3CC[C@@]21C)C(C)C. The first-order chi connectivity index (χ1) is 20.3. The molecule has 0 spiro atoms. The van der Waals surface area contributed by atoms with Gasteiger partial charge in [-0.3, -0.25) is 0 Å². The Balaban J connectivity index is 1.22. The molecule has 240 valence electrons. The van der Waals surface area contributed by atoms with E-state index in [0.717, 1.165) is 60.7 Å². The highest BCUT2D eigenvalue weighted by molar-refractivity contribution is 6.30. The molecule has 9 atom stereocenters. The maximum Gasteiger partial charge on any atom is 0.350 e. The Kier molecular flexibility index (Phi) is 9.74. The molecule has 0 radical (unpaired) electrons. The van der Waals surface area contributed by atoms with Crippen LogP contribution in [0.3, 0.4) is 0 Å². The smallest absolute Gasteiger partial charge is 0.350 e. The van der Waals surface area contributed by atoms with Crippen LogP contribution in [-0.2, 0) is 9.53 Å². The third-order valence-electron chi connectivity index (χ3n) is 13.2. The fraction of sp³-hybridized carbons (Fsp3) is 0.769. The summed E-state index contributed by atoms with van der Waals surface area (Å²) < 4.78 is 12.2. The van der Waals surface area contributed by atoms with E-state index in [1.807, 2.05) is 0 Å². The molecule has 43 heavy (non-hydrogen) atoms. The molecule has 0 heterocycles. The summed E-state index contributed by atoms with van der Waals surface area (Å²) in [7, 11) is 0. The van der Waals surface area contributed by atoms with Gasteiger partial charge in [0.25, 0.3) is 0 Å². The Hall–Kier alpha value is -1.48. The van der Waals surface area contributed by atoms with Gasteiger partial charge in [-0.25, -0.2) is 4.79 Å². The minimum atomic E-state index is -1.06. The van der Waals surface area contributed by atoms with Crippen molar-refractivity contribution in [2.75, 3.05) is 0 Å². The molecule has 0 N–H and O–H groups in total. The van der Waals surface area contributed by atoms with E-state index in [1.165, 1.54) is 51.4 Å². The molecule has 4 heteroatoms. The standard InChI is InChI=1S/C39H59ClO3/c1-9-27(25(2)3)11-10-26(4)33-18-19-34-32-17-12-28-24-31(20-22-38(28,7)35(32)21-23-39(33,34)8)42-36(41)37(5,6)43-30-15-13-29(40)14-16-30/h12-16,25-27,31-35H,9-11,17-24H2,1-8H3/t26-,27?,31-,32+,33-,34+,35-,38+,39+/m0/s1. The molecule has 0 saturated heterocycles. The number of benzene rings is 1. The fourth-order valence-corrected chi connectivity index (χ4v) is 10.6. The third-order valence-corrected chi connectivity index (χ3v) is 13.5. The van der Waals surface area contributed by atoms with E-state index in [4.69, 9.17) is 21.1 Å². The molecular weight excluding hydrogens is 552 g/mol. The van der Waals surface area contributed by atoms with E-state index in [0.29, 0.717) is 16.2 Å². The lowest BCUT2D eigenvalue weighted by Gasteiger charge is -2.58. The molecular formula is C39H59ClO3. The molecule has 4 aliphatic rings. The summed E-state index contributed by atoms with van der Waals surface area (Å²) >= 11 is 6.02. The first kappa shape index (κ1) is 32.9. The van der Waals surface area contributed by atoms with Gasteiger partial charge in [0.2, 0.25) is 0 Å². The molecule has 0 bridgehead atoms. The van der Waals surface area contributed by atoms with E-state index in [2.05, 4.69) is 47.6 Å². The van der Waals surface area contributed by atoms with Gasteiger partial charge in [0.15, 0.2) is 5.60 Å². The maximum absolute atomic E-state index is 13.3. The number of hydrogen-bond donors (Lipinski definition) is 0. The Morgan fingerprint density at radius 3 is 2.40 bits per heavy atom. The van der Waals surface area contributed by atoms with E-state index >= 15 is 0 Å². The van der Waals surface area contributed by atoms with Crippen LogP contribution in [0.25, 0.3) is 0 Å². The number of fused-ring (bicyclic) bond motifs is 5. The molecule has 0 aromatic heterocycles. The molecule has 1 aromatic rings. The summed E-state index contributed by atoms with van der Waals surface area (Å²) in [5.74, 6) is 6.18. The van der Waals surface area contributed by atoms with Gasteiger partial charge in [-0.1, -0.05) is 77.6 Å². The lowest BCUT2D eigenvalue weighted by molar-refractivity contribution is -0.167. The average molecular weight is 611 g/mol. The van der Waals surface area contributed by atoms with E-state index in [1.54, 1.807) is 43.7 Å². The summed E-state index contributed by atoms with van der Waals surface area (Å²) in [5.41, 5.74) is 1.25. The number of halogens is 1. The predicted octanol–water partition coefficient (Wildman–Crippen LogP) is 11.1. The molecule has 3 fully saturated rings. The minimum Gasteiger partial charge on any atom is -0.476 e. The minimum absolute atomic E-state index is 0.0696. The van der Waals surface area contributed by atoms with Gasteiger partial charge in [-0.05, 0) is 142 Å². The van der Waals surface area contributed by atoms with Crippen LogP contribution in [0.15, 0.2) is 35.9 Å². The molecule has 1 unspecified atom stereocenters. The first-order valence-electron chi connectivity index (χ1n) is 17.6. The van der Waals surface area contributed by atoms with Gasteiger partial charge < -0.3 is 9.47 Å². The summed E-state index contributed by atoms with van der Waals surface area (Å²) in [6.07, 6.45) is 16.4. The highest BCUT2D eigenvalue weighted by Crippen LogP contribution is 2.67. The van der Waals surface area contributed by atoms with E-state index < -0.39 is 5.60 Å². The summed E-state index contributed by atoms with van der Waals surface area (Å²) in [6.45, 7) is 18.6. The Morgan fingerprint density at radius 2 is 1.72 bits per heavy atom. The molecule has 3 nitrogen and oxygen atoms in total. The lowest BCUT2D eigenvalue weighted by Crippen LogP contribution is -2.51. The summed E-state index contributed by atoms with van der Waals surface area (Å²) in [4.78, 5) is 13.3. The quantitative estimate of drug-likeness (QED) is 0.195. The van der Waals surface area contributed by atoms with Crippen molar-refractivity contribution in [2.24, 2.45) is 52.3 Å². The zero-order valence-corrected chi connectivity index (χ0v) is 29.1. The van der Waals surface area contributed by atoms with Crippen molar-refractivity contribution in [3.05, 3.63) is 40.9 Å². The summed E-state index contributed by atoms with van der Waals surface area (Å²) in [5, 5.41) is 0.646. The Bertz CT molecular complexity index is 1150. The average Bonchev–Trinajstić information content (AvgIpc) is 3.31. The molecule has 3 saturated carbocycles. The van der Waals surface area contributed by atoms with Crippen molar-refractivity contribution in [3.63, 3.8) is 0 Å². The van der Waals surface area contributed by atoms with Crippen LogP contribution in [0.4, 0.5) is 0 Å². The molecule has 1 aromatic carbocycles. The number of rotatable bonds is 10. The normalized spacial score (nSPS) is 35.3. The second-order valence-electron chi connectivity index (χ2n) is 16.3. The maximum atomic E-state index is 13.3. The zero-order chi connectivity index (χ0) is 31.2. The van der Waals surface area contributed by atoms with Gasteiger partial charge in [-0.15, -0.1) is 0 Å². The molecule has 5 rings (SSSR count). The Labute approximate surface area is 267 Å². The van der Waals surface area contributed by atoms with Crippen molar-refractivity contribution in [3.8, 4) is 5.75 Å². The van der Waals surface area contributed by atoms with Gasteiger partial charge >= 0.3 is 5.97 Å². The first-order valence-corrected chi connectivity index (χ1v) is 18.0. The summed E-state index contributed by atoms with van der Waals surface area (Å²) in [6, 6.07) is 7.14. The van der Waals surface area contributed by atoms with Crippen LogP contribution in [-0.4, -0.2) is 17.7 Å². The molecule has 4 aliphatic carbocycles. The van der Waals surface area contributed by atoms with Gasteiger partial charge in [-0.2, -0.15) is 0 Å². The van der Waals surface area contributed by atoms with Crippen molar-refractivity contribution in [1.82, 2.24) is 0 Å². The van der Waals surface area contributed by atoms with Crippen molar-refractivity contribution >= 4 is 17.6 Å². The van der Waals surface area contributed by atoms with Crippen LogP contribution in [0.2, 0.25) is 5.02 Å². The van der Waals surface area contributed by atoms with Crippen LogP contribution < -0.4 is 4.74 Å². The number of ether oxygens (including phenoxy) is 2. The number of carbonyl (C=O) groups is 1. The van der Waals surface area contributed by atoms with Crippen molar-refractivity contribution in [1.29, 1.82) is 0 Å². The highest BCUT2D eigenvalue weighted by Gasteiger charge is 2.59. The van der Waals surface area contributed by atoms with Crippen molar-refractivity contribution in [2.45, 2.75) is 138 Å². The van der Waals surface area contributed by atoms with Gasteiger partial charge in [0, 0.05) is 11.4 Å². The lowest BCUT2D eigenvalue weighted by atomic mass is 9.47. The second kappa shape index (κ2) is 12.7.